The zero-order valence-electron chi connectivity index (χ0n) is 8.03. The molecular weight excluding hydrogens is 199 g/mol. The lowest BCUT2D eigenvalue weighted by Crippen LogP contribution is -1.88. The standard InChI is InChI=1S/C10H9FN2O2/c1-14-8-3-2-6(11)4-7(8)9-5-13-10(12)15-9/h2-5H,1H3,(H2,12,13). The zero-order valence-corrected chi connectivity index (χ0v) is 8.03. The fourth-order valence-corrected chi connectivity index (χ4v) is 1.28. The van der Waals surface area contributed by atoms with Crippen molar-refractivity contribution in [1.82, 2.24) is 4.98 Å². The number of hydrogen-bond donors (Lipinski definition) is 1. The van der Waals surface area contributed by atoms with Crippen molar-refractivity contribution in [2.75, 3.05) is 12.8 Å². The van der Waals surface area contributed by atoms with Crippen LogP contribution in [0.1, 0.15) is 0 Å². The number of halogens is 1. The van der Waals surface area contributed by atoms with Gasteiger partial charge >= 0.3 is 0 Å². The first-order chi connectivity index (χ1) is 7.20. The predicted octanol–water partition coefficient (Wildman–Crippen LogP) is 2.07. The van der Waals surface area contributed by atoms with E-state index in [1.165, 1.54) is 31.5 Å². The number of nitrogens with two attached hydrogens (primary N) is 1. The van der Waals surface area contributed by atoms with Crippen LogP contribution in [-0.4, -0.2) is 12.1 Å². The number of methoxy groups -OCH3 is 1. The van der Waals surface area contributed by atoms with Crippen molar-refractivity contribution in [3.8, 4) is 17.1 Å². The van der Waals surface area contributed by atoms with Gasteiger partial charge in [-0.25, -0.2) is 9.37 Å². The molecule has 0 fully saturated rings. The third-order valence-corrected chi connectivity index (χ3v) is 1.95. The van der Waals surface area contributed by atoms with Crippen LogP contribution in [-0.2, 0) is 0 Å². The maximum Gasteiger partial charge on any atom is 0.292 e. The summed E-state index contributed by atoms with van der Waals surface area (Å²) in [6, 6.07) is 4.17. The van der Waals surface area contributed by atoms with Crippen molar-refractivity contribution in [1.29, 1.82) is 0 Å². The van der Waals surface area contributed by atoms with Crippen molar-refractivity contribution >= 4 is 6.01 Å². The molecule has 0 saturated carbocycles. The smallest absolute Gasteiger partial charge is 0.292 e. The van der Waals surface area contributed by atoms with Gasteiger partial charge in [0.1, 0.15) is 11.6 Å². The minimum Gasteiger partial charge on any atom is -0.496 e. The number of rotatable bonds is 2. The summed E-state index contributed by atoms with van der Waals surface area (Å²) >= 11 is 0. The molecule has 1 aromatic heterocycles. The molecule has 4 nitrogen and oxygen atoms in total. The van der Waals surface area contributed by atoms with E-state index in [4.69, 9.17) is 14.9 Å². The quantitative estimate of drug-likeness (QED) is 0.820. The molecule has 2 N–H and O–H groups in total. The van der Waals surface area contributed by atoms with Gasteiger partial charge in [-0.05, 0) is 18.2 Å². The Balaban J connectivity index is 2.55. The molecule has 0 unspecified atom stereocenters. The summed E-state index contributed by atoms with van der Waals surface area (Å²) in [5.74, 6) is 0.511. The molecule has 2 aromatic rings. The first kappa shape index (κ1) is 9.51. The van der Waals surface area contributed by atoms with Gasteiger partial charge in [0.15, 0.2) is 5.76 Å². The molecule has 78 valence electrons. The third kappa shape index (κ3) is 1.76. The van der Waals surface area contributed by atoms with Gasteiger partial charge in [-0.15, -0.1) is 0 Å². The molecule has 0 saturated heterocycles. The average molecular weight is 208 g/mol. The van der Waals surface area contributed by atoms with Crippen molar-refractivity contribution in [2.24, 2.45) is 0 Å². The maximum absolute atomic E-state index is 13.0. The molecular formula is C10H9FN2O2. The monoisotopic (exact) mass is 208 g/mol. The van der Waals surface area contributed by atoms with E-state index in [0.29, 0.717) is 17.1 Å². The number of aromatic nitrogens is 1. The average Bonchev–Trinajstić information content (AvgIpc) is 2.65. The van der Waals surface area contributed by atoms with E-state index in [0.717, 1.165) is 0 Å². The highest BCUT2D eigenvalue weighted by molar-refractivity contribution is 5.65. The molecule has 0 atom stereocenters. The Bertz CT molecular complexity index is 482. The van der Waals surface area contributed by atoms with Crippen LogP contribution in [0.5, 0.6) is 5.75 Å². The second-order valence-electron chi connectivity index (χ2n) is 2.91. The summed E-state index contributed by atoms with van der Waals surface area (Å²) in [7, 11) is 1.50. The number of benzene rings is 1. The summed E-state index contributed by atoms with van der Waals surface area (Å²) in [5.41, 5.74) is 5.82. The number of anilines is 1. The Morgan fingerprint density at radius 3 is 2.87 bits per heavy atom. The molecule has 5 heteroatoms. The van der Waals surface area contributed by atoms with Crippen molar-refractivity contribution in [3.63, 3.8) is 0 Å². The second-order valence-corrected chi connectivity index (χ2v) is 2.91. The van der Waals surface area contributed by atoms with Crippen molar-refractivity contribution < 1.29 is 13.5 Å². The van der Waals surface area contributed by atoms with E-state index >= 15 is 0 Å². The first-order valence-electron chi connectivity index (χ1n) is 4.26. The molecule has 0 amide bonds. The minimum absolute atomic E-state index is 0.0383. The van der Waals surface area contributed by atoms with Gasteiger partial charge < -0.3 is 14.9 Å². The van der Waals surface area contributed by atoms with E-state index in [1.807, 2.05) is 0 Å². The third-order valence-electron chi connectivity index (χ3n) is 1.95. The second kappa shape index (κ2) is 3.61. The minimum atomic E-state index is -0.374. The lowest BCUT2D eigenvalue weighted by atomic mass is 10.1. The van der Waals surface area contributed by atoms with E-state index in [2.05, 4.69) is 4.98 Å². The Morgan fingerprint density at radius 1 is 1.47 bits per heavy atom. The topological polar surface area (TPSA) is 61.3 Å². The summed E-state index contributed by atoms with van der Waals surface area (Å²) in [5, 5.41) is 0. The normalized spacial score (nSPS) is 10.3. The van der Waals surface area contributed by atoms with Gasteiger partial charge in [0, 0.05) is 0 Å². The van der Waals surface area contributed by atoms with E-state index in [1.54, 1.807) is 0 Å². The van der Waals surface area contributed by atoms with Crippen LogP contribution in [0.15, 0.2) is 28.8 Å². The lowest BCUT2D eigenvalue weighted by molar-refractivity contribution is 0.413. The summed E-state index contributed by atoms with van der Waals surface area (Å²) in [4.78, 5) is 3.73. The highest BCUT2D eigenvalue weighted by Crippen LogP contribution is 2.31. The van der Waals surface area contributed by atoms with Crippen LogP contribution in [0.4, 0.5) is 10.4 Å². The largest absolute Gasteiger partial charge is 0.496 e. The summed E-state index contributed by atoms with van der Waals surface area (Å²) in [6.45, 7) is 0. The van der Waals surface area contributed by atoms with Gasteiger partial charge in [-0.2, -0.15) is 0 Å². The molecule has 15 heavy (non-hydrogen) atoms. The number of nitrogen functional groups attached to an aromatic ring is 1. The Kier molecular flexibility index (Phi) is 2.29. The summed E-state index contributed by atoms with van der Waals surface area (Å²) in [6.07, 6.45) is 1.42. The van der Waals surface area contributed by atoms with Crippen LogP contribution in [0.3, 0.4) is 0 Å². The van der Waals surface area contributed by atoms with Crippen LogP contribution in [0.2, 0.25) is 0 Å². The Morgan fingerprint density at radius 2 is 2.27 bits per heavy atom. The van der Waals surface area contributed by atoms with Gasteiger partial charge in [0.05, 0.1) is 18.9 Å². The fourth-order valence-electron chi connectivity index (χ4n) is 1.28. The molecule has 1 heterocycles. The summed E-state index contributed by atoms with van der Waals surface area (Å²) < 4.78 is 23.2. The van der Waals surface area contributed by atoms with Crippen molar-refractivity contribution in [3.05, 3.63) is 30.2 Å². The molecule has 0 spiro atoms. The number of hydrogen-bond acceptors (Lipinski definition) is 4. The van der Waals surface area contributed by atoms with Gasteiger partial charge in [0.2, 0.25) is 0 Å². The molecule has 0 bridgehead atoms. The zero-order chi connectivity index (χ0) is 10.8. The molecule has 0 aliphatic heterocycles. The Hall–Kier alpha value is -2.04. The number of oxazole rings is 1. The molecule has 2 rings (SSSR count). The van der Waals surface area contributed by atoms with Crippen molar-refractivity contribution in [2.45, 2.75) is 0 Å². The molecule has 0 aliphatic rings. The predicted molar refractivity (Wildman–Crippen MR) is 52.9 cm³/mol. The van der Waals surface area contributed by atoms with E-state index in [-0.39, 0.29) is 11.8 Å². The van der Waals surface area contributed by atoms with E-state index < -0.39 is 0 Å². The van der Waals surface area contributed by atoms with Crippen LogP contribution >= 0.6 is 0 Å². The van der Waals surface area contributed by atoms with Gasteiger partial charge in [-0.1, -0.05) is 0 Å². The maximum atomic E-state index is 13.0. The molecule has 0 radical (unpaired) electrons. The fraction of sp³-hybridized carbons (Fsp3) is 0.100. The number of ether oxygens (including phenoxy) is 1. The first-order valence-corrected chi connectivity index (χ1v) is 4.26. The highest BCUT2D eigenvalue weighted by atomic mass is 19.1. The lowest BCUT2D eigenvalue weighted by Gasteiger charge is -2.04. The van der Waals surface area contributed by atoms with Crippen LogP contribution in [0.25, 0.3) is 11.3 Å². The Labute approximate surface area is 85.5 Å². The van der Waals surface area contributed by atoms with Gasteiger partial charge in [-0.3, -0.25) is 0 Å². The SMILES string of the molecule is COc1ccc(F)cc1-c1cnc(N)o1. The highest BCUT2D eigenvalue weighted by Gasteiger charge is 2.11. The van der Waals surface area contributed by atoms with Crippen LogP contribution < -0.4 is 10.5 Å². The molecule has 1 aromatic carbocycles. The number of nitrogens with zero attached hydrogens (tertiary/aromatic N) is 1. The molecule has 0 aliphatic carbocycles. The van der Waals surface area contributed by atoms with Crippen LogP contribution in [0, 0.1) is 5.82 Å². The van der Waals surface area contributed by atoms with Gasteiger partial charge in [0.25, 0.3) is 6.01 Å². The van der Waals surface area contributed by atoms with E-state index in [9.17, 15) is 4.39 Å².